The van der Waals surface area contributed by atoms with Gasteiger partial charge in [0.25, 0.3) is 5.91 Å². The summed E-state index contributed by atoms with van der Waals surface area (Å²) in [6.07, 6.45) is 2.61. The van der Waals surface area contributed by atoms with Crippen molar-refractivity contribution in [2.24, 2.45) is 0 Å². The van der Waals surface area contributed by atoms with E-state index < -0.39 is 0 Å². The Kier molecular flexibility index (Phi) is 7.15. The molecular formula is C21H20BrNO3S2. The van der Waals surface area contributed by atoms with Crippen LogP contribution in [0.15, 0.2) is 51.8 Å². The van der Waals surface area contributed by atoms with E-state index >= 15 is 0 Å². The van der Waals surface area contributed by atoms with Crippen molar-refractivity contribution < 1.29 is 14.3 Å². The Morgan fingerprint density at radius 1 is 1.25 bits per heavy atom. The number of ether oxygens (including phenoxy) is 2. The van der Waals surface area contributed by atoms with Gasteiger partial charge in [-0.25, -0.2) is 0 Å². The van der Waals surface area contributed by atoms with Crippen LogP contribution >= 0.6 is 39.9 Å². The fraction of sp³-hybridized carbons (Fsp3) is 0.238. The van der Waals surface area contributed by atoms with Crippen LogP contribution in [0.2, 0.25) is 0 Å². The van der Waals surface area contributed by atoms with Crippen LogP contribution in [0, 0.1) is 0 Å². The molecule has 0 atom stereocenters. The van der Waals surface area contributed by atoms with Crippen LogP contribution in [0.1, 0.15) is 18.1 Å². The average Bonchev–Trinajstić information content (AvgIpc) is 2.94. The molecule has 2 aromatic rings. The monoisotopic (exact) mass is 477 g/mol. The lowest BCUT2D eigenvalue weighted by Gasteiger charge is -2.14. The summed E-state index contributed by atoms with van der Waals surface area (Å²) in [5, 5.41) is 0. The van der Waals surface area contributed by atoms with Crippen molar-refractivity contribution in [3.8, 4) is 11.5 Å². The second-order valence-electron chi connectivity index (χ2n) is 6.04. The van der Waals surface area contributed by atoms with Crippen LogP contribution in [0.5, 0.6) is 11.5 Å². The van der Waals surface area contributed by atoms with Crippen molar-refractivity contribution in [3.63, 3.8) is 0 Å². The molecule has 2 aromatic carbocycles. The van der Waals surface area contributed by atoms with Crippen LogP contribution in [0.25, 0.3) is 6.08 Å². The Balaban J connectivity index is 1.79. The maximum absolute atomic E-state index is 12.8. The second kappa shape index (κ2) is 9.58. The maximum Gasteiger partial charge on any atom is 0.266 e. The van der Waals surface area contributed by atoms with Crippen molar-refractivity contribution >= 4 is 56.2 Å². The minimum Gasteiger partial charge on any atom is -0.492 e. The fourth-order valence-corrected chi connectivity index (χ4v) is 4.79. The highest BCUT2D eigenvalue weighted by Crippen LogP contribution is 2.39. The molecule has 7 heteroatoms. The molecule has 146 valence electrons. The summed E-state index contributed by atoms with van der Waals surface area (Å²) in [5.41, 5.74) is 2.03. The van der Waals surface area contributed by atoms with Gasteiger partial charge in [-0.15, -0.1) is 0 Å². The van der Waals surface area contributed by atoms with Gasteiger partial charge in [0.1, 0.15) is 4.32 Å². The minimum absolute atomic E-state index is 0.0594. The molecular weight excluding hydrogens is 458 g/mol. The zero-order valence-electron chi connectivity index (χ0n) is 15.6. The van der Waals surface area contributed by atoms with E-state index in [0.29, 0.717) is 33.9 Å². The molecule has 4 nitrogen and oxygen atoms in total. The van der Waals surface area contributed by atoms with Gasteiger partial charge >= 0.3 is 0 Å². The second-order valence-corrected chi connectivity index (χ2v) is 8.57. The average molecular weight is 478 g/mol. The van der Waals surface area contributed by atoms with Crippen LogP contribution < -0.4 is 9.47 Å². The lowest BCUT2D eigenvalue weighted by Crippen LogP contribution is -2.30. The molecule has 1 amide bonds. The lowest BCUT2D eigenvalue weighted by atomic mass is 10.1. The molecule has 1 fully saturated rings. The van der Waals surface area contributed by atoms with Gasteiger partial charge in [-0.1, -0.05) is 54.3 Å². The van der Waals surface area contributed by atoms with Gasteiger partial charge in [0.15, 0.2) is 11.5 Å². The number of nitrogens with zero attached hydrogens (tertiary/aromatic N) is 1. The van der Waals surface area contributed by atoms with Gasteiger partial charge in [-0.2, -0.15) is 0 Å². The molecule has 0 radical (unpaired) electrons. The molecule has 0 bridgehead atoms. The van der Waals surface area contributed by atoms with Gasteiger partial charge in [-0.3, -0.25) is 9.69 Å². The lowest BCUT2D eigenvalue weighted by molar-refractivity contribution is -0.122. The van der Waals surface area contributed by atoms with Crippen molar-refractivity contribution in [1.82, 2.24) is 4.90 Å². The SMILES string of the molecule is CCOc1cc(/C=C2\SC(=S)N(CCc3ccccc3)C2=O)cc(Br)c1OC. The third-order valence-corrected chi connectivity index (χ3v) is 6.14. The summed E-state index contributed by atoms with van der Waals surface area (Å²) in [6.45, 7) is 3.01. The van der Waals surface area contributed by atoms with E-state index in [4.69, 9.17) is 21.7 Å². The van der Waals surface area contributed by atoms with Gasteiger partial charge < -0.3 is 9.47 Å². The Morgan fingerprint density at radius 2 is 2.00 bits per heavy atom. The number of rotatable bonds is 7. The molecule has 1 aliphatic heterocycles. The standard InChI is InChI=1S/C21H20BrNO3S2/c1-3-26-17-12-15(11-16(22)19(17)25-2)13-18-20(24)23(21(27)28-18)10-9-14-7-5-4-6-8-14/h4-8,11-13H,3,9-10H2,1-2H3/b18-13-. The number of thiocarbonyl (C=S) groups is 1. The molecule has 1 heterocycles. The minimum atomic E-state index is -0.0594. The highest BCUT2D eigenvalue weighted by atomic mass is 79.9. The molecule has 0 aliphatic carbocycles. The zero-order chi connectivity index (χ0) is 20.1. The number of carbonyl (C=O) groups excluding carboxylic acids is 1. The summed E-state index contributed by atoms with van der Waals surface area (Å²) < 4.78 is 12.4. The number of amides is 1. The Bertz CT molecular complexity index is 915. The predicted octanol–water partition coefficient (Wildman–Crippen LogP) is 5.30. The normalized spacial score (nSPS) is 15.4. The Morgan fingerprint density at radius 3 is 2.68 bits per heavy atom. The van der Waals surface area contributed by atoms with Crippen molar-refractivity contribution in [3.05, 3.63) is 63.0 Å². The van der Waals surface area contributed by atoms with E-state index in [9.17, 15) is 4.79 Å². The van der Waals surface area contributed by atoms with E-state index in [0.717, 1.165) is 16.5 Å². The van der Waals surface area contributed by atoms with E-state index in [1.807, 2.05) is 43.3 Å². The number of benzene rings is 2. The van der Waals surface area contributed by atoms with Crippen LogP contribution in [0.3, 0.4) is 0 Å². The summed E-state index contributed by atoms with van der Waals surface area (Å²) >= 11 is 10.3. The zero-order valence-corrected chi connectivity index (χ0v) is 18.8. The number of hydrogen-bond acceptors (Lipinski definition) is 5. The quantitative estimate of drug-likeness (QED) is 0.399. The largest absolute Gasteiger partial charge is 0.492 e. The predicted molar refractivity (Wildman–Crippen MR) is 122 cm³/mol. The maximum atomic E-state index is 12.8. The third-order valence-electron chi connectivity index (χ3n) is 4.17. The van der Waals surface area contributed by atoms with E-state index in [1.165, 1.54) is 17.3 Å². The first-order chi connectivity index (χ1) is 13.5. The van der Waals surface area contributed by atoms with Gasteiger partial charge in [0, 0.05) is 6.54 Å². The van der Waals surface area contributed by atoms with E-state index in [2.05, 4.69) is 28.1 Å². The van der Waals surface area contributed by atoms with Crippen LogP contribution in [-0.4, -0.2) is 35.4 Å². The highest BCUT2D eigenvalue weighted by molar-refractivity contribution is 9.10. The van der Waals surface area contributed by atoms with Crippen LogP contribution in [-0.2, 0) is 11.2 Å². The first-order valence-electron chi connectivity index (χ1n) is 8.83. The van der Waals surface area contributed by atoms with Crippen molar-refractivity contribution in [2.75, 3.05) is 20.3 Å². The van der Waals surface area contributed by atoms with Gasteiger partial charge in [-0.05, 0) is 58.6 Å². The fourth-order valence-electron chi connectivity index (χ4n) is 2.86. The molecule has 1 aliphatic rings. The summed E-state index contributed by atoms with van der Waals surface area (Å²) in [4.78, 5) is 15.1. The number of methoxy groups -OCH3 is 1. The first-order valence-corrected chi connectivity index (χ1v) is 10.8. The third kappa shape index (κ3) is 4.77. The molecule has 1 saturated heterocycles. The molecule has 0 aromatic heterocycles. The molecule has 0 spiro atoms. The summed E-state index contributed by atoms with van der Waals surface area (Å²) in [5.74, 6) is 1.20. The first kappa shape index (κ1) is 20.9. The van der Waals surface area contributed by atoms with Gasteiger partial charge in [0.05, 0.1) is 23.1 Å². The van der Waals surface area contributed by atoms with Crippen molar-refractivity contribution in [1.29, 1.82) is 0 Å². The molecule has 3 rings (SSSR count). The molecule has 0 saturated carbocycles. The van der Waals surface area contributed by atoms with Crippen LogP contribution in [0.4, 0.5) is 0 Å². The van der Waals surface area contributed by atoms with Crippen molar-refractivity contribution in [2.45, 2.75) is 13.3 Å². The highest BCUT2D eigenvalue weighted by Gasteiger charge is 2.31. The number of halogens is 1. The van der Waals surface area contributed by atoms with Gasteiger partial charge in [0.2, 0.25) is 0 Å². The Labute approximate surface area is 183 Å². The molecule has 0 unspecified atom stereocenters. The Hall–Kier alpha value is -1.83. The number of thioether (sulfide) groups is 1. The summed E-state index contributed by atoms with van der Waals surface area (Å²) in [7, 11) is 1.60. The number of hydrogen-bond donors (Lipinski definition) is 0. The smallest absolute Gasteiger partial charge is 0.266 e. The van der Waals surface area contributed by atoms with E-state index in [-0.39, 0.29) is 5.91 Å². The summed E-state index contributed by atoms with van der Waals surface area (Å²) in [6, 6.07) is 13.8. The topological polar surface area (TPSA) is 38.8 Å². The number of carbonyl (C=O) groups is 1. The molecule has 0 N–H and O–H groups in total. The molecule has 28 heavy (non-hydrogen) atoms. The van der Waals surface area contributed by atoms with E-state index in [1.54, 1.807) is 12.0 Å².